The maximum Gasteiger partial charge on any atom is 0.350 e. The smallest absolute Gasteiger partial charge is 0.350 e. The van der Waals surface area contributed by atoms with E-state index in [1.165, 1.54) is 7.11 Å². The third kappa shape index (κ3) is 3.53. The molecule has 12 heavy (non-hydrogen) atoms. The third-order valence-electron chi connectivity index (χ3n) is 0.885. The molecule has 0 aliphatic carbocycles. The first-order valence-electron chi connectivity index (χ1n) is 2.86. The summed E-state index contributed by atoms with van der Waals surface area (Å²) in [6.07, 6.45) is 1.09. The topological polar surface area (TPSA) is 88.1 Å². The molecule has 0 aliphatic heterocycles. The maximum atomic E-state index is 10.7. The Labute approximate surface area is 74.8 Å². The zero-order valence-corrected chi connectivity index (χ0v) is 7.14. The Morgan fingerprint density at radius 2 is 2.42 bits per heavy atom. The van der Waals surface area contributed by atoms with Crippen molar-refractivity contribution >= 4 is 23.3 Å². The van der Waals surface area contributed by atoms with Crippen LogP contribution in [0.1, 0.15) is 0 Å². The van der Waals surface area contributed by atoms with Crippen LogP contribution in [-0.4, -0.2) is 18.2 Å². The second kappa shape index (κ2) is 5.09. The van der Waals surface area contributed by atoms with Crippen molar-refractivity contribution in [2.75, 3.05) is 7.11 Å². The molecule has 3 N–H and O–H groups in total. The van der Waals surface area contributed by atoms with Crippen molar-refractivity contribution in [2.24, 2.45) is 5.73 Å². The Morgan fingerprint density at radius 3 is 2.75 bits per heavy atom. The first-order chi connectivity index (χ1) is 5.61. The van der Waals surface area contributed by atoms with Gasteiger partial charge in [-0.25, -0.2) is 4.79 Å². The molecule has 6 heteroatoms. The van der Waals surface area contributed by atoms with E-state index in [-0.39, 0.29) is 10.7 Å². The molecule has 0 saturated heterocycles. The molecule has 0 aromatic carbocycles. The van der Waals surface area contributed by atoms with Crippen LogP contribution < -0.4 is 11.1 Å². The fraction of sp³-hybridized carbons (Fsp3) is 0.167. The van der Waals surface area contributed by atoms with Crippen molar-refractivity contribution in [3.05, 3.63) is 11.8 Å². The number of carbonyl (C=O) groups is 1. The van der Waals surface area contributed by atoms with Crippen LogP contribution >= 0.6 is 12.2 Å². The number of methoxy groups -OCH3 is 1. The summed E-state index contributed by atoms with van der Waals surface area (Å²) in [5, 5.41) is 10.7. The number of rotatable bonds is 2. The summed E-state index contributed by atoms with van der Waals surface area (Å²) in [7, 11) is 1.17. The van der Waals surface area contributed by atoms with E-state index < -0.39 is 5.97 Å². The van der Waals surface area contributed by atoms with Crippen LogP contribution in [-0.2, 0) is 9.53 Å². The summed E-state index contributed by atoms with van der Waals surface area (Å²) in [4.78, 5) is 10.7. The highest BCUT2D eigenvalue weighted by Gasteiger charge is 2.07. The van der Waals surface area contributed by atoms with Gasteiger partial charge in [-0.05, 0) is 12.2 Å². The van der Waals surface area contributed by atoms with Crippen molar-refractivity contribution < 1.29 is 9.53 Å². The van der Waals surface area contributed by atoms with Gasteiger partial charge in [0.1, 0.15) is 6.07 Å². The number of nitrogens with one attached hydrogen (secondary N) is 1. The number of hydrogen-bond donors (Lipinski definition) is 2. The summed E-state index contributed by atoms with van der Waals surface area (Å²) < 4.78 is 4.28. The number of nitrogens with zero attached hydrogens (tertiary/aromatic N) is 1. The van der Waals surface area contributed by atoms with Crippen LogP contribution in [0.2, 0.25) is 0 Å². The van der Waals surface area contributed by atoms with E-state index in [0.717, 1.165) is 6.20 Å². The highest BCUT2D eigenvalue weighted by molar-refractivity contribution is 7.80. The number of carbonyl (C=O) groups excluding carboxylic acids is 1. The van der Waals surface area contributed by atoms with Gasteiger partial charge in [-0.3, -0.25) is 0 Å². The van der Waals surface area contributed by atoms with Crippen LogP contribution in [0, 0.1) is 11.3 Å². The molecule has 0 fully saturated rings. The molecular formula is C6H7N3O2S. The number of esters is 1. The van der Waals surface area contributed by atoms with E-state index in [1.807, 2.05) is 0 Å². The molecule has 0 unspecified atom stereocenters. The molecule has 0 heterocycles. The van der Waals surface area contributed by atoms with Gasteiger partial charge in [0.2, 0.25) is 0 Å². The monoisotopic (exact) mass is 185 g/mol. The summed E-state index contributed by atoms with van der Waals surface area (Å²) >= 11 is 4.45. The van der Waals surface area contributed by atoms with Crippen LogP contribution in [0.25, 0.3) is 0 Å². The van der Waals surface area contributed by atoms with Gasteiger partial charge in [0.25, 0.3) is 0 Å². The second-order valence-corrected chi connectivity index (χ2v) is 2.11. The van der Waals surface area contributed by atoms with Gasteiger partial charge in [-0.1, -0.05) is 0 Å². The average Bonchev–Trinajstić information content (AvgIpc) is 2.04. The van der Waals surface area contributed by atoms with Gasteiger partial charge in [-0.2, -0.15) is 5.26 Å². The van der Waals surface area contributed by atoms with E-state index in [0.29, 0.717) is 0 Å². The van der Waals surface area contributed by atoms with Gasteiger partial charge in [0.05, 0.1) is 7.11 Å². The molecule has 0 aromatic heterocycles. The second-order valence-electron chi connectivity index (χ2n) is 1.67. The Bertz CT molecular complexity index is 266. The lowest BCUT2D eigenvalue weighted by Gasteiger charge is -1.97. The van der Waals surface area contributed by atoms with Crippen LogP contribution in [0.3, 0.4) is 0 Å². The summed E-state index contributed by atoms with van der Waals surface area (Å²) in [6.45, 7) is 0. The Balaban J connectivity index is 4.36. The van der Waals surface area contributed by atoms with Crippen molar-refractivity contribution in [1.29, 1.82) is 5.26 Å². The molecule has 0 aliphatic rings. The minimum absolute atomic E-state index is 0.0216. The largest absolute Gasteiger partial charge is 0.465 e. The van der Waals surface area contributed by atoms with Crippen LogP contribution in [0.5, 0.6) is 0 Å². The normalized spacial score (nSPS) is 9.83. The quantitative estimate of drug-likeness (QED) is 0.258. The zero-order valence-electron chi connectivity index (χ0n) is 6.33. The fourth-order valence-corrected chi connectivity index (χ4v) is 0.449. The summed E-state index contributed by atoms with van der Waals surface area (Å²) in [6, 6.07) is 1.62. The molecule has 0 amide bonds. The van der Waals surface area contributed by atoms with Gasteiger partial charge in [0, 0.05) is 6.20 Å². The highest BCUT2D eigenvalue weighted by Crippen LogP contribution is 1.92. The van der Waals surface area contributed by atoms with Crippen LogP contribution in [0.4, 0.5) is 0 Å². The standard InChI is InChI=1S/C6H7N3O2S/c1-11-5(10)4(2-7)3-9-6(8)12/h3H,1H3,(H3,8,9,12). The lowest BCUT2D eigenvalue weighted by Crippen LogP contribution is -2.25. The molecule has 0 radical (unpaired) electrons. The minimum atomic E-state index is -0.735. The number of nitriles is 1. The number of ether oxygens (including phenoxy) is 1. The van der Waals surface area contributed by atoms with Crippen LogP contribution in [0.15, 0.2) is 11.8 Å². The molecule has 0 spiro atoms. The number of nitrogens with two attached hydrogens (primary N) is 1. The van der Waals surface area contributed by atoms with E-state index in [1.54, 1.807) is 6.07 Å². The first-order valence-corrected chi connectivity index (χ1v) is 3.27. The molecule has 0 saturated carbocycles. The van der Waals surface area contributed by atoms with E-state index in [9.17, 15) is 4.79 Å². The third-order valence-corrected chi connectivity index (χ3v) is 1.00. The summed E-state index contributed by atoms with van der Waals surface area (Å²) in [5.41, 5.74) is 4.86. The Kier molecular flexibility index (Phi) is 4.41. The van der Waals surface area contributed by atoms with E-state index in [4.69, 9.17) is 11.0 Å². The van der Waals surface area contributed by atoms with Crippen molar-refractivity contribution in [3.63, 3.8) is 0 Å². The SMILES string of the molecule is COC(=O)C(C#N)=CNC(N)=S. The van der Waals surface area contributed by atoms with Gasteiger partial charge in [0.15, 0.2) is 10.7 Å². The zero-order chi connectivity index (χ0) is 9.56. The van der Waals surface area contributed by atoms with Gasteiger partial charge < -0.3 is 15.8 Å². The first kappa shape index (κ1) is 10.4. The molecule has 0 bridgehead atoms. The molecule has 5 nitrogen and oxygen atoms in total. The van der Waals surface area contributed by atoms with E-state index >= 15 is 0 Å². The molecule has 0 rings (SSSR count). The minimum Gasteiger partial charge on any atom is -0.465 e. The van der Waals surface area contributed by atoms with Crippen molar-refractivity contribution in [3.8, 4) is 6.07 Å². The fourth-order valence-electron chi connectivity index (χ4n) is 0.390. The Morgan fingerprint density at radius 1 is 1.83 bits per heavy atom. The van der Waals surface area contributed by atoms with E-state index in [2.05, 4.69) is 22.3 Å². The van der Waals surface area contributed by atoms with Gasteiger partial charge >= 0.3 is 5.97 Å². The Hall–Kier alpha value is -1.61. The lowest BCUT2D eigenvalue weighted by atomic mass is 10.3. The van der Waals surface area contributed by atoms with Gasteiger partial charge in [-0.15, -0.1) is 0 Å². The van der Waals surface area contributed by atoms with Crippen molar-refractivity contribution in [2.45, 2.75) is 0 Å². The molecular weight excluding hydrogens is 178 g/mol. The molecule has 64 valence electrons. The predicted octanol–water partition coefficient (Wildman–Crippen LogP) is -0.600. The molecule has 0 aromatic rings. The molecule has 0 atom stereocenters. The lowest BCUT2D eigenvalue weighted by molar-refractivity contribution is -0.135. The number of thiocarbonyl (C=S) groups is 1. The maximum absolute atomic E-state index is 10.7. The van der Waals surface area contributed by atoms with Crippen molar-refractivity contribution in [1.82, 2.24) is 5.32 Å². The summed E-state index contributed by atoms with van der Waals surface area (Å²) in [5.74, 6) is -0.735. The average molecular weight is 185 g/mol. The number of hydrogen-bond acceptors (Lipinski definition) is 4. The highest BCUT2D eigenvalue weighted by atomic mass is 32.1. The predicted molar refractivity (Wildman–Crippen MR) is 45.6 cm³/mol.